The van der Waals surface area contributed by atoms with E-state index in [1.54, 1.807) is 4.90 Å². The quantitative estimate of drug-likeness (QED) is 0.749. The summed E-state index contributed by atoms with van der Waals surface area (Å²) in [6.07, 6.45) is 2.11. The average Bonchev–Trinajstić information content (AvgIpc) is 2.75. The van der Waals surface area contributed by atoms with E-state index in [0.29, 0.717) is 18.7 Å². The third-order valence-corrected chi connectivity index (χ3v) is 2.74. The molecule has 17 heavy (non-hydrogen) atoms. The van der Waals surface area contributed by atoms with Crippen molar-refractivity contribution in [2.45, 2.75) is 12.5 Å². The molecular formula is C11H13N3O3. The standard InChI is InChI=1S/C11H13N3O3/c12-8-2-4-14(6-8)10(15)7-1-3-13-9(5-7)11(16)17/h1,3,5,8H,2,4,6,12H2,(H,16,17). The maximum absolute atomic E-state index is 12.0. The number of rotatable bonds is 2. The minimum absolute atomic E-state index is 0.0136. The smallest absolute Gasteiger partial charge is 0.354 e. The minimum Gasteiger partial charge on any atom is -0.477 e. The molecule has 6 heteroatoms. The number of pyridine rings is 1. The van der Waals surface area contributed by atoms with Crippen molar-refractivity contribution in [3.63, 3.8) is 0 Å². The van der Waals surface area contributed by atoms with E-state index in [9.17, 15) is 9.59 Å². The van der Waals surface area contributed by atoms with Crippen LogP contribution in [-0.2, 0) is 0 Å². The zero-order valence-electron chi connectivity index (χ0n) is 9.17. The van der Waals surface area contributed by atoms with Crippen LogP contribution in [0.25, 0.3) is 0 Å². The van der Waals surface area contributed by atoms with Crippen LogP contribution in [-0.4, -0.2) is 46.0 Å². The molecule has 1 aromatic heterocycles. The van der Waals surface area contributed by atoms with Crippen LogP contribution in [0, 0.1) is 0 Å². The molecule has 2 heterocycles. The zero-order valence-corrected chi connectivity index (χ0v) is 9.17. The topological polar surface area (TPSA) is 96.5 Å². The lowest BCUT2D eigenvalue weighted by molar-refractivity contribution is 0.0690. The van der Waals surface area contributed by atoms with Gasteiger partial charge in [0.2, 0.25) is 0 Å². The molecule has 0 saturated carbocycles. The van der Waals surface area contributed by atoms with Crippen molar-refractivity contribution >= 4 is 11.9 Å². The number of nitrogens with two attached hydrogens (primary N) is 1. The van der Waals surface area contributed by atoms with Crippen LogP contribution in [0.15, 0.2) is 18.3 Å². The van der Waals surface area contributed by atoms with E-state index in [0.717, 1.165) is 6.42 Å². The summed E-state index contributed by atoms with van der Waals surface area (Å²) in [4.78, 5) is 28.1. The Balaban J connectivity index is 2.19. The van der Waals surface area contributed by atoms with Gasteiger partial charge in [-0.1, -0.05) is 0 Å². The molecule has 2 rings (SSSR count). The highest BCUT2D eigenvalue weighted by atomic mass is 16.4. The Morgan fingerprint density at radius 3 is 2.88 bits per heavy atom. The first-order valence-electron chi connectivity index (χ1n) is 5.32. The Morgan fingerprint density at radius 2 is 2.29 bits per heavy atom. The molecule has 1 aliphatic heterocycles. The first-order valence-corrected chi connectivity index (χ1v) is 5.32. The first-order chi connectivity index (χ1) is 8.08. The lowest BCUT2D eigenvalue weighted by Crippen LogP contribution is -2.32. The van der Waals surface area contributed by atoms with Gasteiger partial charge in [0.05, 0.1) is 0 Å². The van der Waals surface area contributed by atoms with E-state index in [1.807, 2.05) is 0 Å². The van der Waals surface area contributed by atoms with Crippen molar-refractivity contribution < 1.29 is 14.7 Å². The summed E-state index contributed by atoms with van der Waals surface area (Å²) < 4.78 is 0. The maximum atomic E-state index is 12.0. The van der Waals surface area contributed by atoms with Gasteiger partial charge in [0, 0.05) is 30.9 Å². The van der Waals surface area contributed by atoms with E-state index in [2.05, 4.69) is 4.98 Å². The van der Waals surface area contributed by atoms with Gasteiger partial charge in [-0.2, -0.15) is 0 Å². The number of aromatic nitrogens is 1. The fourth-order valence-corrected chi connectivity index (χ4v) is 1.83. The molecule has 0 bridgehead atoms. The number of aromatic carboxylic acids is 1. The van der Waals surface area contributed by atoms with Crippen LogP contribution in [0.1, 0.15) is 27.3 Å². The number of hydrogen-bond acceptors (Lipinski definition) is 4. The van der Waals surface area contributed by atoms with Gasteiger partial charge in [-0.05, 0) is 18.6 Å². The number of carboxylic acid groups (broad SMARTS) is 1. The summed E-state index contributed by atoms with van der Waals surface area (Å²) in [6.45, 7) is 1.13. The van der Waals surface area contributed by atoms with Gasteiger partial charge in [-0.3, -0.25) is 4.79 Å². The SMILES string of the molecule is NC1CCN(C(=O)c2ccnc(C(=O)O)c2)C1. The van der Waals surface area contributed by atoms with Crippen molar-refractivity contribution in [1.29, 1.82) is 0 Å². The van der Waals surface area contributed by atoms with Crippen LogP contribution in [0.5, 0.6) is 0 Å². The minimum atomic E-state index is -1.14. The van der Waals surface area contributed by atoms with Crippen LogP contribution in [0.3, 0.4) is 0 Å². The Bertz CT molecular complexity index is 461. The zero-order chi connectivity index (χ0) is 12.4. The fourth-order valence-electron chi connectivity index (χ4n) is 1.83. The average molecular weight is 235 g/mol. The summed E-state index contributed by atoms with van der Waals surface area (Å²) in [5, 5.41) is 8.79. The van der Waals surface area contributed by atoms with Gasteiger partial charge in [-0.25, -0.2) is 9.78 Å². The van der Waals surface area contributed by atoms with Crippen LogP contribution >= 0.6 is 0 Å². The van der Waals surface area contributed by atoms with Crippen molar-refractivity contribution in [2.75, 3.05) is 13.1 Å². The van der Waals surface area contributed by atoms with Crippen molar-refractivity contribution in [3.05, 3.63) is 29.6 Å². The van der Waals surface area contributed by atoms with Crippen LogP contribution in [0.2, 0.25) is 0 Å². The Hall–Kier alpha value is -1.95. The Labute approximate surface area is 98.1 Å². The Kier molecular flexibility index (Phi) is 3.06. The first kappa shape index (κ1) is 11.5. The highest BCUT2D eigenvalue weighted by Gasteiger charge is 2.24. The highest BCUT2D eigenvalue weighted by Crippen LogP contribution is 2.12. The number of likely N-dealkylation sites (tertiary alicyclic amines) is 1. The van der Waals surface area contributed by atoms with Crippen LogP contribution < -0.4 is 5.73 Å². The van der Waals surface area contributed by atoms with Crippen LogP contribution in [0.4, 0.5) is 0 Å². The molecule has 90 valence electrons. The second-order valence-electron chi connectivity index (χ2n) is 4.03. The molecule has 1 aromatic rings. The molecule has 3 N–H and O–H groups in total. The number of amides is 1. The van der Waals surface area contributed by atoms with E-state index in [4.69, 9.17) is 10.8 Å². The molecular weight excluding hydrogens is 222 g/mol. The van der Waals surface area contributed by atoms with Gasteiger partial charge >= 0.3 is 5.97 Å². The molecule has 6 nitrogen and oxygen atoms in total. The Morgan fingerprint density at radius 1 is 1.53 bits per heavy atom. The lowest BCUT2D eigenvalue weighted by Gasteiger charge is -2.15. The summed E-state index contributed by atoms with van der Waals surface area (Å²) in [7, 11) is 0. The molecule has 0 spiro atoms. The van der Waals surface area contributed by atoms with E-state index < -0.39 is 5.97 Å². The maximum Gasteiger partial charge on any atom is 0.354 e. The molecule has 0 aliphatic carbocycles. The van der Waals surface area contributed by atoms with Gasteiger partial charge < -0.3 is 15.7 Å². The van der Waals surface area contributed by atoms with Crippen molar-refractivity contribution in [3.8, 4) is 0 Å². The van der Waals surface area contributed by atoms with Crippen molar-refractivity contribution in [2.24, 2.45) is 5.73 Å². The second-order valence-corrected chi connectivity index (χ2v) is 4.03. The lowest BCUT2D eigenvalue weighted by atomic mass is 10.2. The third kappa shape index (κ3) is 2.42. The van der Waals surface area contributed by atoms with E-state index >= 15 is 0 Å². The van der Waals surface area contributed by atoms with Crippen molar-refractivity contribution in [1.82, 2.24) is 9.88 Å². The molecule has 1 fully saturated rings. The predicted octanol–water partition coefficient (Wildman–Crippen LogP) is -0.0470. The highest BCUT2D eigenvalue weighted by molar-refractivity contribution is 5.96. The molecule has 1 unspecified atom stereocenters. The molecule has 1 amide bonds. The van der Waals surface area contributed by atoms with Gasteiger partial charge in [0.25, 0.3) is 5.91 Å². The molecule has 1 saturated heterocycles. The van der Waals surface area contributed by atoms with Gasteiger partial charge in [-0.15, -0.1) is 0 Å². The summed E-state index contributed by atoms with van der Waals surface area (Å²) >= 11 is 0. The molecule has 0 aromatic carbocycles. The molecule has 1 aliphatic rings. The second kappa shape index (κ2) is 4.50. The molecule has 0 radical (unpaired) electrons. The number of carboxylic acids is 1. The number of carbonyl (C=O) groups excluding carboxylic acids is 1. The molecule has 1 atom stereocenters. The predicted molar refractivity (Wildman–Crippen MR) is 59.7 cm³/mol. The largest absolute Gasteiger partial charge is 0.477 e. The van der Waals surface area contributed by atoms with Gasteiger partial charge in [0.15, 0.2) is 0 Å². The summed E-state index contributed by atoms with van der Waals surface area (Å²) in [5.41, 5.74) is 5.93. The number of nitrogens with zero attached hydrogens (tertiary/aromatic N) is 2. The monoisotopic (exact) mass is 235 g/mol. The summed E-state index contributed by atoms with van der Waals surface area (Å²) in [6, 6.07) is 2.81. The number of hydrogen-bond donors (Lipinski definition) is 2. The fraction of sp³-hybridized carbons (Fsp3) is 0.364. The van der Waals surface area contributed by atoms with E-state index in [1.165, 1.54) is 18.3 Å². The number of carbonyl (C=O) groups is 2. The third-order valence-electron chi connectivity index (χ3n) is 2.74. The van der Waals surface area contributed by atoms with Gasteiger partial charge in [0.1, 0.15) is 5.69 Å². The van der Waals surface area contributed by atoms with E-state index in [-0.39, 0.29) is 17.6 Å². The normalized spacial score (nSPS) is 19.4. The summed E-state index contributed by atoms with van der Waals surface area (Å²) in [5.74, 6) is -1.33.